The maximum atomic E-state index is 12.9. The predicted octanol–water partition coefficient (Wildman–Crippen LogP) is 5.41. The molecule has 0 aliphatic carbocycles. The van der Waals surface area contributed by atoms with Crippen molar-refractivity contribution >= 4 is 71.7 Å². The van der Waals surface area contributed by atoms with Crippen molar-refractivity contribution in [2.75, 3.05) is 16.9 Å². The van der Waals surface area contributed by atoms with E-state index >= 15 is 0 Å². The zero-order valence-corrected chi connectivity index (χ0v) is 15.3. The van der Waals surface area contributed by atoms with Crippen LogP contribution in [0.15, 0.2) is 40.7 Å². The number of nitrogens with zero attached hydrogens (tertiary/aromatic N) is 2. The molecule has 4 rings (SSSR count). The number of hydrogen-bond donors (Lipinski definition) is 2. The van der Waals surface area contributed by atoms with Gasteiger partial charge in [0.1, 0.15) is 5.82 Å². The lowest BCUT2D eigenvalue weighted by Gasteiger charge is -2.04. The van der Waals surface area contributed by atoms with Crippen molar-refractivity contribution in [2.24, 2.45) is 0 Å². The minimum absolute atomic E-state index is 0.352. The number of urea groups is 1. The molecule has 2 heterocycles. The molecule has 0 aliphatic heterocycles. The predicted molar refractivity (Wildman–Crippen MR) is 104 cm³/mol. The molecule has 0 bridgehead atoms. The summed E-state index contributed by atoms with van der Waals surface area (Å²) < 4.78 is 16.0. The summed E-state index contributed by atoms with van der Waals surface area (Å²) in [4.78, 5) is 21.1. The van der Waals surface area contributed by atoms with Gasteiger partial charge in [0.15, 0.2) is 9.47 Å². The van der Waals surface area contributed by atoms with E-state index < -0.39 is 6.03 Å². The van der Waals surface area contributed by atoms with Crippen LogP contribution in [0.5, 0.6) is 0 Å². The molecule has 4 aromatic rings. The molecule has 0 spiro atoms. The van der Waals surface area contributed by atoms with Gasteiger partial charge in [-0.3, -0.25) is 5.32 Å². The molecule has 25 heavy (non-hydrogen) atoms. The molecular formula is C16H11FN4OS3. The lowest BCUT2D eigenvalue weighted by atomic mass is 10.3. The molecule has 0 aliphatic rings. The Morgan fingerprint density at radius 3 is 2.40 bits per heavy atom. The molecule has 0 saturated heterocycles. The SMILES string of the molecule is CSc1nc2ccc3nc(NC(=O)Nc4ccc(F)cc4)sc3c2s1. The Morgan fingerprint density at radius 2 is 1.68 bits per heavy atom. The van der Waals surface area contributed by atoms with Crippen LogP contribution in [0.1, 0.15) is 0 Å². The largest absolute Gasteiger partial charge is 0.325 e. The van der Waals surface area contributed by atoms with Crippen LogP contribution in [-0.2, 0) is 0 Å². The fourth-order valence-corrected chi connectivity index (χ4v) is 4.94. The second kappa shape index (κ2) is 6.58. The van der Waals surface area contributed by atoms with E-state index in [-0.39, 0.29) is 5.82 Å². The van der Waals surface area contributed by atoms with Gasteiger partial charge in [-0.05, 0) is 42.7 Å². The summed E-state index contributed by atoms with van der Waals surface area (Å²) in [7, 11) is 0. The molecule has 0 radical (unpaired) electrons. The smallest absolute Gasteiger partial charge is 0.308 e. The summed E-state index contributed by atoms with van der Waals surface area (Å²) >= 11 is 4.64. The molecule has 2 aromatic carbocycles. The van der Waals surface area contributed by atoms with Gasteiger partial charge in [0.05, 0.1) is 20.4 Å². The van der Waals surface area contributed by atoms with Crippen molar-refractivity contribution in [3.63, 3.8) is 0 Å². The third kappa shape index (κ3) is 3.30. The van der Waals surface area contributed by atoms with Gasteiger partial charge in [0.25, 0.3) is 0 Å². The first-order valence-corrected chi connectivity index (χ1v) is 10.1. The van der Waals surface area contributed by atoms with E-state index in [0.29, 0.717) is 10.8 Å². The zero-order chi connectivity index (χ0) is 17.4. The maximum Gasteiger partial charge on any atom is 0.325 e. The number of thioether (sulfide) groups is 1. The highest BCUT2D eigenvalue weighted by molar-refractivity contribution is 8.00. The van der Waals surface area contributed by atoms with Crippen LogP contribution in [0.2, 0.25) is 0 Å². The van der Waals surface area contributed by atoms with Crippen LogP contribution >= 0.6 is 34.4 Å². The van der Waals surface area contributed by atoms with Crippen LogP contribution in [0.4, 0.5) is 20.0 Å². The molecule has 0 fully saturated rings. The topological polar surface area (TPSA) is 66.9 Å². The van der Waals surface area contributed by atoms with Crippen molar-refractivity contribution in [3.05, 3.63) is 42.2 Å². The number of hydrogen-bond acceptors (Lipinski definition) is 6. The fourth-order valence-electron chi connectivity index (χ4n) is 2.29. The molecule has 0 saturated carbocycles. The number of rotatable bonds is 3. The van der Waals surface area contributed by atoms with Crippen molar-refractivity contribution in [2.45, 2.75) is 4.34 Å². The highest BCUT2D eigenvalue weighted by Gasteiger charge is 2.13. The number of amides is 2. The number of nitrogens with one attached hydrogen (secondary N) is 2. The Hall–Kier alpha value is -2.23. The second-order valence-corrected chi connectivity index (χ2v) is 8.10. The van der Waals surface area contributed by atoms with Crippen molar-refractivity contribution in [1.29, 1.82) is 0 Å². The molecule has 9 heteroatoms. The van der Waals surface area contributed by atoms with Gasteiger partial charge in [-0.25, -0.2) is 19.2 Å². The average molecular weight is 390 g/mol. The van der Waals surface area contributed by atoms with E-state index in [1.54, 1.807) is 23.1 Å². The van der Waals surface area contributed by atoms with Gasteiger partial charge < -0.3 is 5.32 Å². The van der Waals surface area contributed by atoms with Crippen LogP contribution in [0.3, 0.4) is 0 Å². The average Bonchev–Trinajstić information content (AvgIpc) is 3.19. The quantitative estimate of drug-likeness (QED) is 0.459. The third-order valence-corrected chi connectivity index (χ3v) is 6.60. The number of carbonyl (C=O) groups excluding carboxylic acids is 1. The summed E-state index contributed by atoms with van der Waals surface area (Å²) in [6, 6.07) is 9.00. The zero-order valence-electron chi connectivity index (χ0n) is 12.9. The van der Waals surface area contributed by atoms with Crippen molar-refractivity contribution in [1.82, 2.24) is 9.97 Å². The van der Waals surface area contributed by atoms with E-state index in [4.69, 9.17) is 0 Å². The van der Waals surface area contributed by atoms with Gasteiger partial charge in [-0.15, -0.1) is 11.3 Å². The number of benzene rings is 2. The van der Waals surface area contributed by atoms with Gasteiger partial charge in [0.2, 0.25) is 0 Å². The second-order valence-electron chi connectivity index (χ2n) is 5.05. The Bertz CT molecular complexity index is 1070. The number of halogens is 1. The first-order chi connectivity index (χ1) is 12.1. The van der Waals surface area contributed by atoms with Crippen LogP contribution < -0.4 is 10.6 Å². The first kappa shape index (κ1) is 16.2. The molecule has 0 atom stereocenters. The van der Waals surface area contributed by atoms with Gasteiger partial charge >= 0.3 is 6.03 Å². The molecule has 126 valence electrons. The lowest BCUT2D eigenvalue weighted by molar-refractivity contribution is 0.262. The van der Waals surface area contributed by atoms with Crippen molar-refractivity contribution < 1.29 is 9.18 Å². The van der Waals surface area contributed by atoms with Gasteiger partial charge in [-0.1, -0.05) is 23.1 Å². The molecular weight excluding hydrogens is 379 g/mol. The molecule has 0 unspecified atom stereocenters. The highest BCUT2D eigenvalue weighted by Crippen LogP contribution is 2.37. The Morgan fingerprint density at radius 1 is 1.00 bits per heavy atom. The van der Waals surface area contributed by atoms with E-state index in [1.807, 2.05) is 18.4 Å². The minimum atomic E-state index is -0.420. The number of thiazole rings is 2. The Labute approximate surface area is 154 Å². The summed E-state index contributed by atoms with van der Waals surface area (Å²) in [6.45, 7) is 0. The van der Waals surface area contributed by atoms with Gasteiger partial charge in [-0.2, -0.15) is 0 Å². The van der Waals surface area contributed by atoms with E-state index in [0.717, 1.165) is 24.8 Å². The van der Waals surface area contributed by atoms with Crippen LogP contribution in [-0.4, -0.2) is 22.3 Å². The van der Waals surface area contributed by atoms with E-state index in [1.165, 1.54) is 35.6 Å². The van der Waals surface area contributed by atoms with Gasteiger partial charge in [0, 0.05) is 5.69 Å². The molecule has 2 N–H and O–H groups in total. The minimum Gasteiger partial charge on any atom is -0.308 e. The molecule has 5 nitrogen and oxygen atoms in total. The number of fused-ring (bicyclic) bond motifs is 3. The monoisotopic (exact) mass is 390 g/mol. The maximum absolute atomic E-state index is 12.9. The number of carbonyl (C=O) groups is 1. The standard InChI is InChI=1S/C16H11FN4OS3/c1-23-16-20-11-7-6-10-12(13(11)25-16)24-15(19-10)21-14(22)18-9-4-2-8(17)3-5-9/h2-7H,1H3,(H2,18,19,21,22). The fraction of sp³-hybridized carbons (Fsp3) is 0.0625. The Balaban J connectivity index is 1.58. The Kier molecular flexibility index (Phi) is 4.28. The number of anilines is 2. The molecule has 2 aromatic heterocycles. The van der Waals surface area contributed by atoms with E-state index in [2.05, 4.69) is 20.6 Å². The van der Waals surface area contributed by atoms with Crippen molar-refractivity contribution in [3.8, 4) is 0 Å². The van der Waals surface area contributed by atoms with E-state index in [9.17, 15) is 9.18 Å². The number of aromatic nitrogens is 2. The summed E-state index contributed by atoms with van der Waals surface area (Å²) in [5.74, 6) is -0.352. The van der Waals surface area contributed by atoms with Crippen LogP contribution in [0, 0.1) is 5.82 Å². The molecule has 2 amide bonds. The normalized spacial score (nSPS) is 11.1. The van der Waals surface area contributed by atoms with Crippen LogP contribution in [0.25, 0.3) is 20.4 Å². The highest BCUT2D eigenvalue weighted by atomic mass is 32.2. The summed E-state index contributed by atoms with van der Waals surface area (Å²) in [5.41, 5.74) is 2.27. The summed E-state index contributed by atoms with van der Waals surface area (Å²) in [5, 5.41) is 5.87. The first-order valence-electron chi connectivity index (χ1n) is 7.20. The summed E-state index contributed by atoms with van der Waals surface area (Å²) in [6.07, 6.45) is 1.99. The third-order valence-electron chi connectivity index (χ3n) is 3.39. The lowest BCUT2D eigenvalue weighted by Crippen LogP contribution is -2.19.